The van der Waals surface area contributed by atoms with Gasteiger partial charge in [-0.05, 0) is 31.0 Å². The van der Waals surface area contributed by atoms with Gasteiger partial charge in [0, 0.05) is 19.2 Å². The Balaban J connectivity index is 1.33. The van der Waals surface area contributed by atoms with Crippen LogP contribution in [-0.4, -0.2) is 50.2 Å². The number of piperidine rings is 1. The summed E-state index contributed by atoms with van der Waals surface area (Å²) in [6.45, 7) is 2.30. The van der Waals surface area contributed by atoms with E-state index in [1.54, 1.807) is 12.1 Å². The number of rotatable bonds is 5. The maximum Gasteiger partial charge on any atom is 0.273 e. The van der Waals surface area contributed by atoms with Crippen LogP contribution < -0.4 is 5.32 Å². The van der Waals surface area contributed by atoms with Gasteiger partial charge in [0.2, 0.25) is 0 Å². The van der Waals surface area contributed by atoms with E-state index < -0.39 is 0 Å². The largest absolute Gasteiger partial charge is 0.393 e. The van der Waals surface area contributed by atoms with Gasteiger partial charge in [0.05, 0.1) is 30.2 Å². The summed E-state index contributed by atoms with van der Waals surface area (Å²) in [6.07, 6.45) is 1.25. The van der Waals surface area contributed by atoms with Crippen LogP contribution in [-0.2, 0) is 13.1 Å². The number of carbonyl (C=O) groups excluding carboxylic acids is 1. The fraction of sp³-hybridized carbons (Fsp3) is 0.389. The normalized spacial score (nSPS) is 16.1. The van der Waals surface area contributed by atoms with Crippen LogP contribution in [0.4, 0.5) is 4.39 Å². The van der Waals surface area contributed by atoms with Crippen LogP contribution in [0.5, 0.6) is 0 Å². The predicted molar refractivity (Wildman–Crippen MR) is 94.2 cm³/mol. The number of H-pyrrole nitrogens is 1. The number of benzene rings is 1. The number of aromatic nitrogens is 3. The topological polar surface area (TPSA) is 107 Å². The fourth-order valence-electron chi connectivity index (χ4n) is 3.17. The summed E-state index contributed by atoms with van der Waals surface area (Å²) in [6, 6.07) is 5.90. The lowest BCUT2D eigenvalue weighted by Gasteiger charge is -2.28. The van der Waals surface area contributed by atoms with Crippen molar-refractivity contribution in [1.82, 2.24) is 25.3 Å². The van der Waals surface area contributed by atoms with Crippen molar-refractivity contribution < 1.29 is 18.8 Å². The van der Waals surface area contributed by atoms with Crippen molar-refractivity contribution in [3.8, 4) is 0 Å². The summed E-state index contributed by atoms with van der Waals surface area (Å²) in [5.74, 6) is 0.418. The highest BCUT2D eigenvalue weighted by atomic mass is 19.1. The highest BCUT2D eigenvalue weighted by Crippen LogP contribution is 2.15. The van der Waals surface area contributed by atoms with E-state index in [1.165, 1.54) is 12.1 Å². The molecule has 0 saturated carbocycles. The molecule has 3 N–H and O–H groups in total. The summed E-state index contributed by atoms with van der Waals surface area (Å²) >= 11 is 0. The first-order valence-corrected chi connectivity index (χ1v) is 8.85. The van der Waals surface area contributed by atoms with Gasteiger partial charge in [0.25, 0.3) is 5.91 Å². The lowest BCUT2D eigenvalue weighted by molar-refractivity contribution is 0.0748. The van der Waals surface area contributed by atoms with E-state index in [9.17, 15) is 14.3 Å². The second kappa shape index (κ2) is 7.45. The molecule has 8 nitrogen and oxygen atoms in total. The first kappa shape index (κ1) is 17.6. The molecule has 4 rings (SSSR count). The number of carbonyl (C=O) groups is 1. The Labute approximate surface area is 154 Å². The zero-order chi connectivity index (χ0) is 18.8. The number of hydrogen-bond donors (Lipinski definition) is 3. The molecule has 0 unspecified atom stereocenters. The van der Waals surface area contributed by atoms with E-state index in [4.69, 9.17) is 4.52 Å². The van der Waals surface area contributed by atoms with Crippen molar-refractivity contribution in [3.05, 3.63) is 47.4 Å². The summed E-state index contributed by atoms with van der Waals surface area (Å²) < 4.78 is 18.5. The third-order valence-corrected chi connectivity index (χ3v) is 4.64. The number of likely N-dealkylation sites (tertiary alicyclic amines) is 1. The Hall–Kier alpha value is -2.78. The molecule has 0 radical (unpaired) electrons. The van der Waals surface area contributed by atoms with Gasteiger partial charge >= 0.3 is 0 Å². The van der Waals surface area contributed by atoms with E-state index in [0.29, 0.717) is 29.2 Å². The monoisotopic (exact) mass is 373 g/mol. The predicted octanol–water partition coefficient (Wildman–Crippen LogP) is 1.58. The molecule has 9 heteroatoms. The second-order valence-electron chi connectivity index (χ2n) is 6.71. The van der Waals surface area contributed by atoms with Gasteiger partial charge in [-0.3, -0.25) is 9.69 Å². The van der Waals surface area contributed by atoms with Crippen molar-refractivity contribution in [2.24, 2.45) is 0 Å². The Morgan fingerprint density at radius 3 is 3.00 bits per heavy atom. The van der Waals surface area contributed by atoms with Crippen LogP contribution in [0.25, 0.3) is 11.0 Å². The number of imidazole rings is 1. The number of aromatic amines is 1. The number of amides is 1. The molecule has 27 heavy (non-hydrogen) atoms. The third-order valence-electron chi connectivity index (χ3n) is 4.64. The van der Waals surface area contributed by atoms with Gasteiger partial charge < -0.3 is 19.9 Å². The van der Waals surface area contributed by atoms with E-state index in [2.05, 4.69) is 25.3 Å². The molecule has 1 saturated heterocycles. The number of nitrogens with one attached hydrogen (secondary N) is 2. The van der Waals surface area contributed by atoms with Gasteiger partial charge in [-0.15, -0.1) is 0 Å². The Morgan fingerprint density at radius 1 is 1.37 bits per heavy atom. The summed E-state index contributed by atoms with van der Waals surface area (Å²) in [4.78, 5) is 21.7. The van der Waals surface area contributed by atoms with Gasteiger partial charge in [0.15, 0.2) is 11.5 Å². The van der Waals surface area contributed by atoms with Crippen molar-refractivity contribution in [2.45, 2.75) is 32.0 Å². The number of fused-ring (bicyclic) bond motifs is 1. The minimum absolute atomic E-state index is 0.168. The Bertz CT molecular complexity index is 946. The smallest absolute Gasteiger partial charge is 0.273 e. The average Bonchev–Trinajstić information content (AvgIpc) is 3.28. The molecule has 3 aromatic rings. The highest BCUT2D eigenvalue weighted by molar-refractivity contribution is 5.92. The molecule has 142 valence electrons. The van der Waals surface area contributed by atoms with Crippen molar-refractivity contribution in [3.63, 3.8) is 0 Å². The first-order valence-electron chi connectivity index (χ1n) is 8.85. The van der Waals surface area contributed by atoms with Gasteiger partial charge in [0.1, 0.15) is 11.6 Å². The molecule has 0 bridgehead atoms. The summed E-state index contributed by atoms with van der Waals surface area (Å²) in [5, 5.41) is 16.1. The summed E-state index contributed by atoms with van der Waals surface area (Å²) in [7, 11) is 0. The molecule has 3 heterocycles. The van der Waals surface area contributed by atoms with E-state index >= 15 is 0 Å². The molecule has 2 aromatic heterocycles. The third kappa shape index (κ3) is 4.15. The molecule has 0 spiro atoms. The minimum atomic E-state index is -0.370. The number of nitrogens with zero attached hydrogens (tertiary/aromatic N) is 3. The number of halogens is 1. The Kier molecular flexibility index (Phi) is 4.87. The molecular weight excluding hydrogens is 353 g/mol. The second-order valence-corrected chi connectivity index (χ2v) is 6.71. The molecule has 1 aliphatic rings. The molecule has 1 amide bonds. The Morgan fingerprint density at radius 2 is 2.19 bits per heavy atom. The lowest BCUT2D eigenvalue weighted by atomic mass is 10.1. The molecule has 0 aliphatic carbocycles. The van der Waals surface area contributed by atoms with Crippen LogP contribution in [0.1, 0.15) is 34.9 Å². The van der Waals surface area contributed by atoms with E-state index in [0.717, 1.165) is 25.9 Å². The zero-order valence-corrected chi connectivity index (χ0v) is 14.6. The maximum atomic E-state index is 13.2. The molecule has 1 fully saturated rings. The standard InChI is InChI=1S/C18H20FN5O3/c19-11-1-2-14-15(7-11)22-17(21-14)9-20-18(26)16-8-13(27-23-16)10-24-5-3-12(25)4-6-24/h1-2,7-8,12,25H,3-6,9-10H2,(H,20,26)(H,21,22). The van der Waals surface area contributed by atoms with E-state index in [1.807, 2.05) is 0 Å². The maximum absolute atomic E-state index is 13.2. The van der Waals surface area contributed by atoms with Crippen molar-refractivity contribution in [2.75, 3.05) is 13.1 Å². The number of aliphatic hydroxyl groups is 1. The van der Waals surface area contributed by atoms with Gasteiger partial charge in [-0.25, -0.2) is 9.37 Å². The quantitative estimate of drug-likeness (QED) is 0.627. The van der Waals surface area contributed by atoms with Crippen LogP contribution in [0, 0.1) is 5.82 Å². The number of aliphatic hydroxyl groups excluding tert-OH is 1. The van der Waals surface area contributed by atoms with Crippen LogP contribution in [0.3, 0.4) is 0 Å². The van der Waals surface area contributed by atoms with Crippen LogP contribution >= 0.6 is 0 Å². The van der Waals surface area contributed by atoms with Crippen LogP contribution in [0.2, 0.25) is 0 Å². The number of hydrogen-bond acceptors (Lipinski definition) is 6. The van der Waals surface area contributed by atoms with Gasteiger partial charge in [-0.2, -0.15) is 0 Å². The first-order chi connectivity index (χ1) is 13.1. The summed E-state index contributed by atoms with van der Waals surface area (Å²) in [5.41, 5.74) is 1.41. The molecule has 1 aromatic carbocycles. The molecular formula is C18H20FN5O3. The van der Waals surface area contributed by atoms with Crippen LogP contribution in [0.15, 0.2) is 28.8 Å². The lowest BCUT2D eigenvalue weighted by Crippen LogP contribution is -2.35. The van der Waals surface area contributed by atoms with E-state index in [-0.39, 0.29) is 30.1 Å². The van der Waals surface area contributed by atoms with Gasteiger partial charge in [-0.1, -0.05) is 5.16 Å². The molecule has 0 atom stereocenters. The van der Waals surface area contributed by atoms with Crippen molar-refractivity contribution >= 4 is 16.9 Å². The van der Waals surface area contributed by atoms with Crippen molar-refractivity contribution in [1.29, 1.82) is 0 Å². The molecule has 1 aliphatic heterocycles. The average molecular weight is 373 g/mol. The highest BCUT2D eigenvalue weighted by Gasteiger charge is 2.20. The fourth-order valence-corrected chi connectivity index (χ4v) is 3.17. The minimum Gasteiger partial charge on any atom is -0.393 e. The SMILES string of the molecule is O=C(NCc1nc2ccc(F)cc2[nH]1)c1cc(CN2CCC(O)CC2)on1. The zero-order valence-electron chi connectivity index (χ0n) is 14.6.